The number of carbonyl (C=O) groups is 1. The predicted molar refractivity (Wildman–Crippen MR) is 87.1 cm³/mol. The topological polar surface area (TPSA) is 74.5 Å². The first kappa shape index (κ1) is 16.6. The number of alkyl halides is 3. The van der Waals surface area contributed by atoms with Crippen molar-refractivity contribution in [3.63, 3.8) is 0 Å². The van der Waals surface area contributed by atoms with Gasteiger partial charge in [0.05, 0.1) is 5.56 Å². The highest BCUT2D eigenvalue weighted by molar-refractivity contribution is 5.91. The van der Waals surface area contributed by atoms with Gasteiger partial charge in [-0.25, -0.2) is 0 Å². The maximum Gasteiger partial charge on any atom is 0.416 e. The van der Waals surface area contributed by atoms with E-state index in [0.717, 1.165) is 35.3 Å². The van der Waals surface area contributed by atoms with Gasteiger partial charge in [0.25, 0.3) is 0 Å². The summed E-state index contributed by atoms with van der Waals surface area (Å²) >= 11 is 0. The third-order valence-electron chi connectivity index (χ3n) is 4.91. The van der Waals surface area contributed by atoms with Crippen molar-refractivity contribution in [1.29, 1.82) is 0 Å². The molecule has 136 valence electrons. The van der Waals surface area contributed by atoms with Crippen LogP contribution in [0.25, 0.3) is 0 Å². The van der Waals surface area contributed by atoms with Gasteiger partial charge in [0.1, 0.15) is 6.54 Å². The molecular weight excluding hydrogens is 349 g/mol. The number of rotatable bonds is 3. The van der Waals surface area contributed by atoms with Crippen LogP contribution in [-0.4, -0.2) is 20.7 Å². The van der Waals surface area contributed by atoms with Gasteiger partial charge in [-0.2, -0.15) is 13.2 Å². The van der Waals surface area contributed by atoms with Crippen LogP contribution in [-0.2, 0) is 17.5 Å². The van der Waals surface area contributed by atoms with Crippen molar-refractivity contribution < 1.29 is 28.2 Å². The zero-order valence-electron chi connectivity index (χ0n) is 13.4. The van der Waals surface area contributed by atoms with Crippen molar-refractivity contribution in [3.8, 4) is 11.8 Å². The number of halogens is 3. The fourth-order valence-electron chi connectivity index (χ4n) is 3.73. The van der Waals surface area contributed by atoms with Crippen molar-refractivity contribution >= 4 is 11.6 Å². The van der Waals surface area contributed by atoms with Crippen molar-refractivity contribution in [2.45, 2.75) is 31.0 Å². The van der Waals surface area contributed by atoms with E-state index in [9.17, 15) is 28.2 Å². The van der Waals surface area contributed by atoms with Gasteiger partial charge in [-0.1, -0.05) is 12.2 Å². The lowest BCUT2D eigenvalue weighted by Crippen LogP contribution is -2.18. The Morgan fingerprint density at radius 1 is 1.08 bits per heavy atom. The second kappa shape index (κ2) is 5.55. The van der Waals surface area contributed by atoms with Gasteiger partial charge in [0.15, 0.2) is 11.8 Å². The van der Waals surface area contributed by atoms with Crippen LogP contribution in [0.1, 0.15) is 34.9 Å². The number of allylic oxidation sites excluding steroid dienone is 2. The van der Waals surface area contributed by atoms with Gasteiger partial charge < -0.3 is 15.5 Å². The molecule has 0 saturated carbocycles. The first-order valence-corrected chi connectivity index (χ1v) is 8.05. The summed E-state index contributed by atoms with van der Waals surface area (Å²) in [5, 5.41) is 23.2. The summed E-state index contributed by atoms with van der Waals surface area (Å²) in [4.78, 5) is 12.2. The van der Waals surface area contributed by atoms with E-state index in [0.29, 0.717) is 11.1 Å². The number of aromatic nitrogens is 1. The molecule has 0 aliphatic heterocycles. The standard InChI is InChI=1S/C18H15F3N2O3/c19-18(20,21)11-3-5-12(6-4-11)22-13(24)8-23-16(25)14-9-1-2-10(7-9)15(14)17(23)26/h1-6,9-10,25-26H,7-8H2,(H,22,24). The van der Waals surface area contributed by atoms with Gasteiger partial charge in [-0.15, -0.1) is 0 Å². The summed E-state index contributed by atoms with van der Waals surface area (Å²) in [5.74, 6) is -0.765. The Morgan fingerprint density at radius 3 is 2.12 bits per heavy atom. The molecule has 0 radical (unpaired) electrons. The average molecular weight is 364 g/mol. The van der Waals surface area contributed by atoms with Gasteiger partial charge in [0.2, 0.25) is 5.91 Å². The minimum Gasteiger partial charge on any atom is -0.494 e. The highest BCUT2D eigenvalue weighted by Crippen LogP contribution is 2.56. The van der Waals surface area contributed by atoms with E-state index in [1.54, 1.807) is 0 Å². The van der Waals surface area contributed by atoms with E-state index < -0.39 is 17.6 Å². The molecule has 2 aliphatic rings. The first-order valence-electron chi connectivity index (χ1n) is 8.05. The number of nitrogens with one attached hydrogen (secondary N) is 1. The lowest BCUT2D eigenvalue weighted by molar-refractivity contribution is -0.137. The van der Waals surface area contributed by atoms with E-state index >= 15 is 0 Å². The molecule has 8 heteroatoms. The first-order chi connectivity index (χ1) is 12.3. The zero-order chi connectivity index (χ0) is 18.6. The maximum atomic E-state index is 12.6. The molecule has 0 saturated heterocycles. The molecule has 2 aliphatic carbocycles. The molecule has 2 unspecified atom stereocenters. The summed E-state index contributed by atoms with van der Waals surface area (Å²) in [7, 11) is 0. The lowest BCUT2D eigenvalue weighted by Gasteiger charge is -2.11. The van der Waals surface area contributed by atoms with Crippen molar-refractivity contribution in [3.05, 3.63) is 53.1 Å². The van der Waals surface area contributed by atoms with E-state index in [1.165, 1.54) is 0 Å². The Balaban J connectivity index is 1.50. The molecular formula is C18H15F3N2O3. The molecule has 2 atom stereocenters. The highest BCUT2D eigenvalue weighted by atomic mass is 19.4. The predicted octanol–water partition coefficient (Wildman–Crippen LogP) is 3.70. The Labute approximate surface area is 146 Å². The molecule has 5 nitrogen and oxygen atoms in total. The van der Waals surface area contributed by atoms with Crippen LogP contribution < -0.4 is 5.32 Å². The molecule has 1 aromatic carbocycles. The molecule has 2 bridgehead atoms. The quantitative estimate of drug-likeness (QED) is 0.727. The number of nitrogens with zero attached hydrogens (tertiary/aromatic N) is 1. The summed E-state index contributed by atoms with van der Waals surface area (Å²) in [5.41, 5.74) is 0.689. The molecule has 2 aromatic rings. The van der Waals surface area contributed by atoms with Gasteiger partial charge in [0, 0.05) is 28.7 Å². The largest absolute Gasteiger partial charge is 0.494 e. The third-order valence-corrected chi connectivity index (χ3v) is 4.91. The van der Waals surface area contributed by atoms with Crippen LogP contribution in [0, 0.1) is 0 Å². The zero-order valence-corrected chi connectivity index (χ0v) is 13.4. The van der Waals surface area contributed by atoms with Crippen molar-refractivity contribution in [2.24, 2.45) is 0 Å². The van der Waals surface area contributed by atoms with Crippen LogP contribution in [0.2, 0.25) is 0 Å². The SMILES string of the molecule is O=C(Cn1c(O)c2c(c1O)C1C=CC2C1)Nc1ccc(C(F)(F)F)cc1. The number of carbonyl (C=O) groups excluding carboxylic acids is 1. The summed E-state index contributed by atoms with van der Waals surface area (Å²) < 4.78 is 38.8. The van der Waals surface area contributed by atoms with Crippen LogP contribution in [0.3, 0.4) is 0 Å². The van der Waals surface area contributed by atoms with Crippen LogP contribution in [0.15, 0.2) is 36.4 Å². The Kier molecular flexibility index (Phi) is 3.54. The molecule has 1 heterocycles. The van der Waals surface area contributed by atoms with Crippen LogP contribution >= 0.6 is 0 Å². The normalized spacial score (nSPS) is 20.4. The number of benzene rings is 1. The number of hydrogen-bond acceptors (Lipinski definition) is 3. The van der Waals surface area contributed by atoms with Crippen molar-refractivity contribution in [1.82, 2.24) is 4.57 Å². The summed E-state index contributed by atoms with van der Waals surface area (Å²) in [6.45, 7) is -0.342. The molecule has 0 fully saturated rings. The Morgan fingerprint density at radius 2 is 1.62 bits per heavy atom. The monoisotopic (exact) mass is 364 g/mol. The minimum absolute atomic E-state index is 0.0418. The van der Waals surface area contributed by atoms with Crippen LogP contribution in [0.5, 0.6) is 11.8 Å². The van der Waals surface area contributed by atoms with E-state index in [-0.39, 0.29) is 35.8 Å². The van der Waals surface area contributed by atoms with Gasteiger partial charge in [-0.3, -0.25) is 9.36 Å². The van der Waals surface area contributed by atoms with E-state index in [2.05, 4.69) is 5.32 Å². The minimum atomic E-state index is -4.45. The second-order valence-electron chi connectivity index (χ2n) is 6.52. The second-order valence-corrected chi connectivity index (χ2v) is 6.52. The third kappa shape index (κ3) is 2.53. The number of aromatic hydroxyl groups is 2. The van der Waals surface area contributed by atoms with E-state index in [1.807, 2.05) is 12.2 Å². The molecule has 1 amide bonds. The maximum absolute atomic E-state index is 12.6. The number of amides is 1. The Bertz CT molecular complexity index is 878. The fourth-order valence-corrected chi connectivity index (χ4v) is 3.73. The smallest absolute Gasteiger partial charge is 0.416 e. The average Bonchev–Trinajstić information content (AvgIpc) is 3.24. The van der Waals surface area contributed by atoms with Crippen LogP contribution in [0.4, 0.5) is 18.9 Å². The summed E-state index contributed by atoms with van der Waals surface area (Å²) in [6, 6.07) is 4.05. The summed E-state index contributed by atoms with van der Waals surface area (Å²) in [6.07, 6.45) is 0.307. The number of anilines is 1. The Hall–Kier alpha value is -2.90. The molecule has 3 N–H and O–H groups in total. The van der Waals surface area contributed by atoms with Gasteiger partial charge >= 0.3 is 6.18 Å². The fraction of sp³-hybridized carbons (Fsp3) is 0.278. The molecule has 1 aromatic heterocycles. The van der Waals surface area contributed by atoms with Gasteiger partial charge in [-0.05, 0) is 30.7 Å². The number of fused-ring (bicyclic) bond motifs is 5. The lowest BCUT2D eigenvalue weighted by atomic mass is 10.0. The van der Waals surface area contributed by atoms with E-state index in [4.69, 9.17) is 0 Å². The molecule has 4 rings (SSSR count). The number of hydrogen-bond donors (Lipinski definition) is 3. The molecule has 0 spiro atoms. The van der Waals surface area contributed by atoms with Crippen molar-refractivity contribution in [2.75, 3.05) is 5.32 Å². The molecule has 26 heavy (non-hydrogen) atoms. The highest BCUT2D eigenvalue weighted by Gasteiger charge is 2.41.